The lowest BCUT2D eigenvalue weighted by molar-refractivity contribution is -0.122. The number of hydrogen-bond donors (Lipinski definition) is 2. The van der Waals surface area contributed by atoms with E-state index in [9.17, 15) is 4.79 Å². The molecule has 0 bridgehead atoms. The Hall–Kier alpha value is -2.01. The van der Waals surface area contributed by atoms with Gasteiger partial charge in [0.1, 0.15) is 6.61 Å². The van der Waals surface area contributed by atoms with Crippen LogP contribution in [-0.2, 0) is 11.3 Å². The van der Waals surface area contributed by atoms with Gasteiger partial charge in [-0.05, 0) is 49.5 Å². The monoisotopic (exact) mass is 318 g/mol. The molecule has 1 fully saturated rings. The fourth-order valence-electron chi connectivity index (χ4n) is 2.52. The van der Waals surface area contributed by atoms with Crippen molar-refractivity contribution in [3.63, 3.8) is 0 Å². The molecule has 0 saturated carbocycles. The zero-order valence-corrected chi connectivity index (χ0v) is 14.0. The molecule has 126 valence electrons. The summed E-state index contributed by atoms with van der Waals surface area (Å²) in [6.07, 6.45) is 2.98. The first-order chi connectivity index (χ1) is 11.1. The van der Waals surface area contributed by atoms with E-state index in [-0.39, 0.29) is 11.9 Å². The third-order valence-corrected chi connectivity index (χ3v) is 3.79. The topological polar surface area (TPSA) is 59.6 Å². The Balaban J connectivity index is 2.00. The van der Waals surface area contributed by atoms with Crippen molar-refractivity contribution in [3.05, 3.63) is 35.9 Å². The second-order valence-electron chi connectivity index (χ2n) is 5.95. The Labute approximate surface area is 138 Å². The maximum absolute atomic E-state index is 12.0. The number of benzene rings is 1. The van der Waals surface area contributed by atoms with E-state index < -0.39 is 0 Å². The van der Waals surface area contributed by atoms with Gasteiger partial charge in [-0.2, -0.15) is 0 Å². The van der Waals surface area contributed by atoms with Crippen LogP contribution in [0.5, 0.6) is 11.5 Å². The minimum absolute atomic E-state index is 0.0924. The van der Waals surface area contributed by atoms with E-state index >= 15 is 0 Å². The molecule has 0 aromatic heterocycles. The lowest BCUT2D eigenvalue weighted by atomic mass is 10.1. The van der Waals surface area contributed by atoms with E-state index in [0.29, 0.717) is 24.7 Å². The molecule has 1 atom stereocenters. The van der Waals surface area contributed by atoms with Gasteiger partial charge in [0.2, 0.25) is 5.91 Å². The minimum atomic E-state index is -0.126. The zero-order valence-electron chi connectivity index (χ0n) is 14.0. The Morgan fingerprint density at radius 2 is 2.22 bits per heavy atom. The Morgan fingerprint density at radius 3 is 2.96 bits per heavy atom. The molecule has 1 saturated heterocycles. The second-order valence-corrected chi connectivity index (χ2v) is 5.95. The summed E-state index contributed by atoms with van der Waals surface area (Å²) in [6, 6.07) is 5.69. The number of carbonyl (C=O) groups is 1. The van der Waals surface area contributed by atoms with Crippen molar-refractivity contribution in [2.75, 3.05) is 20.3 Å². The van der Waals surface area contributed by atoms with Gasteiger partial charge in [0.15, 0.2) is 11.5 Å². The second kappa shape index (κ2) is 8.58. The predicted octanol–water partition coefficient (Wildman–Crippen LogP) is 2.41. The molecule has 0 aliphatic carbocycles. The first-order valence-corrected chi connectivity index (χ1v) is 8.05. The standard InChI is InChI=1S/C18H26N2O3/c1-13(2)12-23-17-10-14(7-8-16(17)22-3)11-20-15-6-4-5-9-19-18(15)21/h7-8,10,15,20H,1,4-6,9,11-12H2,2-3H3,(H,19,21). The van der Waals surface area contributed by atoms with Gasteiger partial charge in [-0.3, -0.25) is 4.79 Å². The Bertz CT molecular complexity index is 557. The van der Waals surface area contributed by atoms with Crippen LogP contribution in [0, 0.1) is 0 Å². The van der Waals surface area contributed by atoms with Gasteiger partial charge in [0.25, 0.3) is 0 Å². The number of amides is 1. The van der Waals surface area contributed by atoms with Crippen LogP contribution < -0.4 is 20.1 Å². The predicted molar refractivity (Wildman–Crippen MR) is 90.8 cm³/mol. The zero-order chi connectivity index (χ0) is 16.7. The van der Waals surface area contributed by atoms with E-state index in [1.54, 1.807) is 7.11 Å². The van der Waals surface area contributed by atoms with Gasteiger partial charge >= 0.3 is 0 Å². The number of rotatable bonds is 7. The summed E-state index contributed by atoms with van der Waals surface area (Å²) in [4.78, 5) is 12.0. The van der Waals surface area contributed by atoms with Crippen molar-refractivity contribution in [2.45, 2.75) is 38.8 Å². The van der Waals surface area contributed by atoms with Crippen molar-refractivity contribution in [3.8, 4) is 11.5 Å². The van der Waals surface area contributed by atoms with Crippen LogP contribution in [0.2, 0.25) is 0 Å². The molecule has 1 unspecified atom stereocenters. The highest BCUT2D eigenvalue weighted by Crippen LogP contribution is 2.28. The maximum atomic E-state index is 12.0. The normalized spacial score (nSPS) is 18.0. The summed E-state index contributed by atoms with van der Waals surface area (Å²) in [5, 5.41) is 6.27. The molecule has 23 heavy (non-hydrogen) atoms. The van der Waals surface area contributed by atoms with Crippen molar-refractivity contribution in [1.82, 2.24) is 10.6 Å². The van der Waals surface area contributed by atoms with Gasteiger partial charge in [-0.15, -0.1) is 0 Å². The van der Waals surface area contributed by atoms with E-state index in [2.05, 4.69) is 17.2 Å². The van der Waals surface area contributed by atoms with Crippen LogP contribution in [-0.4, -0.2) is 32.2 Å². The van der Waals surface area contributed by atoms with E-state index in [1.807, 2.05) is 25.1 Å². The van der Waals surface area contributed by atoms with Gasteiger partial charge < -0.3 is 20.1 Å². The molecular weight excluding hydrogens is 292 g/mol. The molecule has 1 aliphatic heterocycles. The SMILES string of the molecule is C=C(C)COc1cc(CNC2CCCCNC2=O)ccc1OC. The highest BCUT2D eigenvalue weighted by molar-refractivity contribution is 5.81. The van der Waals surface area contributed by atoms with Gasteiger partial charge in [-0.1, -0.05) is 12.6 Å². The van der Waals surface area contributed by atoms with Crippen LogP contribution in [0.3, 0.4) is 0 Å². The van der Waals surface area contributed by atoms with Gasteiger partial charge in [-0.25, -0.2) is 0 Å². The number of carbonyl (C=O) groups excluding carboxylic acids is 1. The number of methoxy groups -OCH3 is 1. The van der Waals surface area contributed by atoms with E-state index in [1.165, 1.54) is 0 Å². The summed E-state index contributed by atoms with van der Waals surface area (Å²) in [7, 11) is 1.62. The number of hydrogen-bond acceptors (Lipinski definition) is 4. The summed E-state index contributed by atoms with van der Waals surface area (Å²) in [6.45, 7) is 7.61. The molecule has 2 rings (SSSR count). The quantitative estimate of drug-likeness (QED) is 0.758. The summed E-state index contributed by atoms with van der Waals surface area (Å²) in [5.41, 5.74) is 2.00. The van der Waals surface area contributed by atoms with Gasteiger partial charge in [0.05, 0.1) is 13.2 Å². The molecule has 1 amide bonds. The van der Waals surface area contributed by atoms with Crippen molar-refractivity contribution < 1.29 is 14.3 Å². The van der Waals surface area contributed by atoms with Crippen LogP contribution in [0.15, 0.2) is 30.4 Å². The number of nitrogens with one attached hydrogen (secondary N) is 2. The number of ether oxygens (including phenoxy) is 2. The highest BCUT2D eigenvalue weighted by atomic mass is 16.5. The molecule has 0 spiro atoms. The largest absolute Gasteiger partial charge is 0.493 e. The van der Waals surface area contributed by atoms with Crippen molar-refractivity contribution in [2.24, 2.45) is 0 Å². The van der Waals surface area contributed by atoms with Crippen molar-refractivity contribution >= 4 is 5.91 Å². The van der Waals surface area contributed by atoms with Crippen LogP contribution in [0.4, 0.5) is 0 Å². The van der Waals surface area contributed by atoms with Crippen molar-refractivity contribution in [1.29, 1.82) is 0 Å². The highest BCUT2D eigenvalue weighted by Gasteiger charge is 2.19. The molecular formula is C18H26N2O3. The third-order valence-electron chi connectivity index (χ3n) is 3.79. The average molecular weight is 318 g/mol. The molecule has 1 aromatic carbocycles. The molecule has 1 heterocycles. The minimum Gasteiger partial charge on any atom is -0.493 e. The first kappa shape index (κ1) is 17.3. The molecule has 5 heteroatoms. The first-order valence-electron chi connectivity index (χ1n) is 8.05. The van der Waals surface area contributed by atoms with E-state index in [4.69, 9.17) is 9.47 Å². The molecule has 2 N–H and O–H groups in total. The third kappa shape index (κ3) is 5.28. The molecule has 1 aliphatic rings. The fraction of sp³-hybridized carbons (Fsp3) is 0.500. The van der Waals surface area contributed by atoms with Gasteiger partial charge in [0, 0.05) is 13.1 Å². The summed E-state index contributed by atoms with van der Waals surface area (Å²) < 4.78 is 11.1. The Kier molecular flexibility index (Phi) is 6.47. The summed E-state index contributed by atoms with van der Waals surface area (Å²) in [5.74, 6) is 1.48. The fourth-order valence-corrected chi connectivity index (χ4v) is 2.52. The lowest BCUT2D eigenvalue weighted by Crippen LogP contribution is -2.42. The molecule has 1 aromatic rings. The van der Waals surface area contributed by atoms with Crippen LogP contribution in [0.25, 0.3) is 0 Å². The summed E-state index contributed by atoms with van der Waals surface area (Å²) >= 11 is 0. The smallest absolute Gasteiger partial charge is 0.237 e. The molecule has 5 nitrogen and oxygen atoms in total. The maximum Gasteiger partial charge on any atom is 0.237 e. The Morgan fingerprint density at radius 1 is 1.39 bits per heavy atom. The lowest BCUT2D eigenvalue weighted by Gasteiger charge is -2.16. The van der Waals surface area contributed by atoms with Crippen LogP contribution >= 0.6 is 0 Å². The van der Waals surface area contributed by atoms with E-state index in [0.717, 1.165) is 36.9 Å². The van der Waals surface area contributed by atoms with Crippen LogP contribution in [0.1, 0.15) is 31.7 Å². The molecule has 0 radical (unpaired) electrons. The average Bonchev–Trinajstić information content (AvgIpc) is 2.75.